The Labute approximate surface area is 137 Å². The lowest BCUT2D eigenvalue weighted by molar-refractivity contribution is -0.119. The van der Waals surface area contributed by atoms with Crippen LogP contribution in [0.5, 0.6) is 0 Å². The minimum absolute atomic E-state index is 0.211. The molecule has 24 heavy (non-hydrogen) atoms. The second-order valence-electron chi connectivity index (χ2n) is 5.10. The zero-order chi connectivity index (χ0) is 16.9. The normalized spacial score (nSPS) is 10.4. The Morgan fingerprint density at radius 2 is 2.00 bits per heavy atom. The largest absolute Gasteiger partial charge is 0.452 e. The van der Waals surface area contributed by atoms with Gasteiger partial charge in [0.15, 0.2) is 6.61 Å². The molecule has 3 rings (SSSR count). The number of anilines is 1. The molecule has 1 amide bonds. The molecule has 2 aromatic heterocycles. The van der Waals surface area contributed by atoms with Gasteiger partial charge in [-0.1, -0.05) is 11.2 Å². The molecule has 0 saturated carbocycles. The first-order valence-electron chi connectivity index (χ1n) is 7.25. The number of nitrogens with zero attached hydrogens (tertiary/aromatic N) is 2. The van der Waals surface area contributed by atoms with E-state index in [9.17, 15) is 9.59 Å². The highest BCUT2D eigenvalue weighted by Crippen LogP contribution is 2.12. The minimum Gasteiger partial charge on any atom is -0.452 e. The first kappa shape index (κ1) is 15.5. The summed E-state index contributed by atoms with van der Waals surface area (Å²) in [6, 6.07) is 12.3. The molecule has 0 saturated heterocycles. The fourth-order valence-corrected chi connectivity index (χ4v) is 2.11. The van der Waals surface area contributed by atoms with Gasteiger partial charge in [-0.2, -0.15) is 0 Å². The summed E-state index contributed by atoms with van der Waals surface area (Å²) in [7, 11) is 0. The van der Waals surface area contributed by atoms with Crippen molar-refractivity contribution < 1.29 is 18.8 Å². The topological polar surface area (TPSA) is 86.4 Å². The molecule has 7 nitrogen and oxygen atoms in total. The van der Waals surface area contributed by atoms with Gasteiger partial charge in [0.05, 0.1) is 11.3 Å². The number of carbonyl (C=O) groups is 2. The number of nitrogens with one attached hydrogen (secondary N) is 1. The second kappa shape index (κ2) is 6.82. The van der Waals surface area contributed by atoms with E-state index < -0.39 is 18.5 Å². The third-order valence-corrected chi connectivity index (χ3v) is 3.21. The number of hydrogen-bond acceptors (Lipinski definition) is 5. The van der Waals surface area contributed by atoms with Crippen LogP contribution in [0.4, 0.5) is 5.88 Å². The highest BCUT2D eigenvalue weighted by atomic mass is 16.5. The molecule has 1 N–H and O–H groups in total. The van der Waals surface area contributed by atoms with Crippen molar-refractivity contribution in [3.05, 3.63) is 66.1 Å². The van der Waals surface area contributed by atoms with Crippen molar-refractivity contribution in [1.29, 1.82) is 0 Å². The molecular weight excluding hydrogens is 310 g/mol. The molecule has 0 bridgehead atoms. The number of carbonyl (C=O) groups excluding carboxylic acids is 2. The van der Waals surface area contributed by atoms with Crippen molar-refractivity contribution >= 4 is 17.8 Å². The molecule has 0 fully saturated rings. The number of aryl methyl sites for hydroxylation is 1. The Kier molecular flexibility index (Phi) is 4.42. The quantitative estimate of drug-likeness (QED) is 0.729. The van der Waals surface area contributed by atoms with Crippen molar-refractivity contribution in [2.45, 2.75) is 6.92 Å². The Morgan fingerprint density at radius 1 is 1.21 bits per heavy atom. The average Bonchev–Trinajstić information content (AvgIpc) is 3.25. The Morgan fingerprint density at radius 3 is 2.71 bits per heavy atom. The van der Waals surface area contributed by atoms with Gasteiger partial charge >= 0.3 is 5.97 Å². The highest BCUT2D eigenvalue weighted by Gasteiger charge is 2.12. The molecule has 122 valence electrons. The lowest BCUT2D eigenvalue weighted by Gasteiger charge is -2.07. The predicted molar refractivity (Wildman–Crippen MR) is 85.9 cm³/mol. The third-order valence-electron chi connectivity index (χ3n) is 3.21. The molecule has 0 atom stereocenters. The van der Waals surface area contributed by atoms with E-state index in [0.29, 0.717) is 11.3 Å². The molecule has 1 aromatic carbocycles. The molecule has 3 aromatic rings. The van der Waals surface area contributed by atoms with E-state index >= 15 is 0 Å². The van der Waals surface area contributed by atoms with Crippen molar-refractivity contribution in [2.75, 3.05) is 11.9 Å². The standard InChI is InChI=1S/C17H15N3O4/c1-12-9-16(24-19-12)18-15(21)11-23-17(22)13-5-4-6-14(10-13)20-7-2-3-8-20/h2-10H,11H2,1H3,(H,18,21). The van der Waals surface area contributed by atoms with Gasteiger partial charge in [0.25, 0.3) is 5.91 Å². The van der Waals surface area contributed by atoms with Gasteiger partial charge < -0.3 is 13.8 Å². The van der Waals surface area contributed by atoms with E-state index in [-0.39, 0.29) is 5.88 Å². The maximum absolute atomic E-state index is 12.1. The van der Waals surface area contributed by atoms with E-state index in [4.69, 9.17) is 9.26 Å². The van der Waals surface area contributed by atoms with Crippen LogP contribution < -0.4 is 5.32 Å². The fraction of sp³-hybridized carbons (Fsp3) is 0.118. The first-order chi connectivity index (χ1) is 11.6. The first-order valence-corrected chi connectivity index (χ1v) is 7.25. The number of benzene rings is 1. The molecular formula is C17H15N3O4. The van der Waals surface area contributed by atoms with Gasteiger partial charge in [-0.05, 0) is 37.3 Å². The van der Waals surface area contributed by atoms with E-state index in [2.05, 4.69) is 10.5 Å². The third kappa shape index (κ3) is 3.70. The predicted octanol–water partition coefficient (Wildman–Crippen LogP) is 2.57. The minimum atomic E-state index is -0.576. The van der Waals surface area contributed by atoms with Crippen molar-refractivity contribution in [1.82, 2.24) is 9.72 Å². The van der Waals surface area contributed by atoms with Crippen LogP contribution in [-0.4, -0.2) is 28.2 Å². The molecule has 0 aliphatic rings. The number of esters is 1. The van der Waals surface area contributed by atoms with Gasteiger partial charge in [-0.25, -0.2) is 4.79 Å². The number of aromatic nitrogens is 2. The molecule has 0 unspecified atom stereocenters. The van der Waals surface area contributed by atoms with Crippen molar-refractivity contribution in [3.8, 4) is 5.69 Å². The van der Waals surface area contributed by atoms with Crippen LogP contribution in [0.3, 0.4) is 0 Å². The molecule has 0 aliphatic carbocycles. The monoisotopic (exact) mass is 325 g/mol. The highest BCUT2D eigenvalue weighted by molar-refractivity contribution is 5.95. The molecule has 0 spiro atoms. The summed E-state index contributed by atoms with van der Waals surface area (Å²) in [4.78, 5) is 23.8. The Hall–Kier alpha value is -3.35. The van der Waals surface area contributed by atoms with E-state index in [1.165, 1.54) is 0 Å². The van der Waals surface area contributed by atoms with E-state index in [0.717, 1.165) is 5.69 Å². The fourth-order valence-electron chi connectivity index (χ4n) is 2.11. The Balaban J connectivity index is 1.59. The molecule has 7 heteroatoms. The van der Waals surface area contributed by atoms with Crippen molar-refractivity contribution in [3.63, 3.8) is 0 Å². The van der Waals surface area contributed by atoms with Gasteiger partial charge in [0, 0.05) is 24.1 Å². The average molecular weight is 325 g/mol. The van der Waals surface area contributed by atoms with Crippen LogP contribution in [0, 0.1) is 6.92 Å². The van der Waals surface area contributed by atoms with E-state index in [1.54, 1.807) is 31.2 Å². The van der Waals surface area contributed by atoms with Gasteiger partial charge in [0.1, 0.15) is 0 Å². The second-order valence-corrected chi connectivity index (χ2v) is 5.10. The summed E-state index contributed by atoms with van der Waals surface area (Å²) in [5, 5.41) is 6.10. The molecule has 2 heterocycles. The number of ether oxygens (including phenoxy) is 1. The summed E-state index contributed by atoms with van der Waals surface area (Å²) < 4.78 is 11.7. The van der Waals surface area contributed by atoms with Gasteiger partial charge in [0.2, 0.25) is 5.88 Å². The lowest BCUT2D eigenvalue weighted by atomic mass is 10.2. The lowest BCUT2D eigenvalue weighted by Crippen LogP contribution is -2.20. The Bertz CT molecular complexity index is 852. The zero-order valence-corrected chi connectivity index (χ0v) is 12.9. The number of amides is 1. The summed E-state index contributed by atoms with van der Waals surface area (Å²) >= 11 is 0. The van der Waals surface area contributed by atoms with Gasteiger partial charge in [-0.3, -0.25) is 10.1 Å². The molecule has 0 radical (unpaired) electrons. The number of hydrogen-bond donors (Lipinski definition) is 1. The van der Waals surface area contributed by atoms with Crippen molar-refractivity contribution in [2.24, 2.45) is 0 Å². The van der Waals surface area contributed by atoms with Crippen LogP contribution in [-0.2, 0) is 9.53 Å². The smallest absolute Gasteiger partial charge is 0.338 e. The maximum atomic E-state index is 12.1. The SMILES string of the molecule is Cc1cc(NC(=O)COC(=O)c2cccc(-n3cccc3)c2)on1. The maximum Gasteiger partial charge on any atom is 0.338 e. The van der Waals surface area contributed by atoms with Crippen LogP contribution in [0.15, 0.2) is 59.4 Å². The summed E-state index contributed by atoms with van der Waals surface area (Å²) in [6.07, 6.45) is 3.74. The van der Waals surface area contributed by atoms with Crippen LogP contribution in [0.1, 0.15) is 16.1 Å². The zero-order valence-electron chi connectivity index (χ0n) is 12.9. The van der Waals surface area contributed by atoms with Crippen LogP contribution in [0.2, 0.25) is 0 Å². The van der Waals surface area contributed by atoms with Crippen LogP contribution in [0.25, 0.3) is 5.69 Å². The van der Waals surface area contributed by atoms with Crippen LogP contribution >= 0.6 is 0 Å². The van der Waals surface area contributed by atoms with E-state index in [1.807, 2.05) is 35.2 Å². The van der Waals surface area contributed by atoms with Gasteiger partial charge in [-0.15, -0.1) is 0 Å². The number of rotatable bonds is 5. The summed E-state index contributed by atoms with van der Waals surface area (Å²) in [5.74, 6) is -0.864. The molecule has 0 aliphatic heterocycles. The summed E-state index contributed by atoms with van der Waals surface area (Å²) in [5.41, 5.74) is 1.84. The summed E-state index contributed by atoms with van der Waals surface area (Å²) in [6.45, 7) is 1.32.